The number of hydrogen-bond donors (Lipinski definition) is 3. The molecule has 0 unspecified atom stereocenters. The number of nitrogen functional groups attached to an aromatic ring is 2. The van der Waals surface area contributed by atoms with Crippen LogP contribution < -0.4 is 16.2 Å². The minimum absolute atomic E-state index is 0.102. The fourth-order valence-electron chi connectivity index (χ4n) is 3.17. The van der Waals surface area contributed by atoms with Crippen molar-refractivity contribution in [1.29, 1.82) is 0 Å². The number of phenolic OH excluding ortho intramolecular Hbond substituents is 1. The van der Waals surface area contributed by atoms with Crippen LogP contribution in [-0.2, 0) is 6.42 Å². The summed E-state index contributed by atoms with van der Waals surface area (Å²) in [5.74, 6) is 1.20. The lowest BCUT2D eigenvalue weighted by atomic mass is 9.92. The van der Waals surface area contributed by atoms with E-state index in [-0.39, 0.29) is 11.7 Å². The van der Waals surface area contributed by atoms with Gasteiger partial charge in [-0.15, -0.1) is 0 Å². The van der Waals surface area contributed by atoms with Crippen LogP contribution >= 0.6 is 11.6 Å². The third-order valence-electron chi connectivity index (χ3n) is 4.10. The van der Waals surface area contributed by atoms with Crippen molar-refractivity contribution in [2.24, 2.45) is 0 Å². The molecule has 2 aromatic carbocycles. The molecule has 2 heterocycles. The summed E-state index contributed by atoms with van der Waals surface area (Å²) in [6, 6.07) is 6.84. The Hall–Kier alpha value is -2.73. The van der Waals surface area contributed by atoms with Gasteiger partial charge < -0.3 is 21.3 Å². The van der Waals surface area contributed by atoms with E-state index in [1.54, 1.807) is 12.1 Å². The highest BCUT2D eigenvalue weighted by molar-refractivity contribution is 6.31. The maximum Gasteiger partial charge on any atom is 0.222 e. The first-order valence-electron chi connectivity index (χ1n) is 7.54. The van der Waals surface area contributed by atoms with Crippen LogP contribution in [0.5, 0.6) is 11.5 Å². The van der Waals surface area contributed by atoms with Gasteiger partial charge in [-0.25, -0.2) is 4.98 Å². The minimum Gasteiger partial charge on any atom is -0.508 e. The molecule has 1 aliphatic heterocycles. The van der Waals surface area contributed by atoms with Gasteiger partial charge in [-0.05, 0) is 48.2 Å². The molecule has 0 atom stereocenters. The van der Waals surface area contributed by atoms with E-state index in [9.17, 15) is 5.11 Å². The number of aromatic nitrogens is 2. The second-order valence-corrected chi connectivity index (χ2v) is 6.18. The third-order valence-corrected chi connectivity index (χ3v) is 4.32. The predicted molar refractivity (Wildman–Crippen MR) is 94.3 cm³/mol. The molecule has 1 aromatic heterocycles. The van der Waals surface area contributed by atoms with E-state index in [2.05, 4.69) is 9.97 Å². The second kappa shape index (κ2) is 5.42. The number of rotatable bonds is 1. The van der Waals surface area contributed by atoms with E-state index in [0.717, 1.165) is 29.5 Å². The van der Waals surface area contributed by atoms with Gasteiger partial charge in [0.25, 0.3) is 0 Å². The Morgan fingerprint density at radius 3 is 2.75 bits per heavy atom. The molecule has 0 fully saturated rings. The zero-order valence-electron chi connectivity index (χ0n) is 12.7. The lowest BCUT2D eigenvalue weighted by Gasteiger charge is -2.23. The Balaban J connectivity index is 2.09. The van der Waals surface area contributed by atoms with Crippen LogP contribution in [0.25, 0.3) is 22.0 Å². The molecule has 122 valence electrons. The number of ether oxygens (including phenoxy) is 1. The highest BCUT2D eigenvalue weighted by Crippen LogP contribution is 2.43. The Bertz CT molecular complexity index is 954. The van der Waals surface area contributed by atoms with Crippen LogP contribution in [0.4, 0.5) is 11.8 Å². The zero-order valence-corrected chi connectivity index (χ0v) is 13.5. The molecular weight excluding hydrogens is 328 g/mol. The van der Waals surface area contributed by atoms with Crippen LogP contribution in [0.1, 0.15) is 12.0 Å². The Morgan fingerprint density at radius 2 is 1.96 bits per heavy atom. The second-order valence-electron chi connectivity index (χ2n) is 5.74. The van der Waals surface area contributed by atoms with Crippen molar-refractivity contribution in [3.63, 3.8) is 0 Å². The summed E-state index contributed by atoms with van der Waals surface area (Å²) < 4.78 is 5.88. The number of aromatic hydroxyl groups is 1. The number of anilines is 2. The number of nitrogens with zero attached hydrogens (tertiary/aromatic N) is 2. The molecule has 7 heteroatoms. The molecule has 0 radical (unpaired) electrons. The molecule has 0 amide bonds. The van der Waals surface area contributed by atoms with Gasteiger partial charge in [0.2, 0.25) is 5.95 Å². The lowest BCUT2D eigenvalue weighted by Crippen LogP contribution is -2.12. The van der Waals surface area contributed by atoms with Gasteiger partial charge in [0.05, 0.1) is 17.5 Å². The van der Waals surface area contributed by atoms with Crippen LogP contribution in [0.15, 0.2) is 24.3 Å². The van der Waals surface area contributed by atoms with Crippen LogP contribution in [0.2, 0.25) is 5.02 Å². The Morgan fingerprint density at radius 1 is 1.12 bits per heavy atom. The van der Waals surface area contributed by atoms with Crippen molar-refractivity contribution in [3.8, 4) is 22.6 Å². The standard InChI is InChI=1S/C17H15ClN4O2/c18-9-4-8(5-10(23)6-9)12-7-13-14(16(19)22-17(20)21-13)15-11(12)2-1-3-24-15/h4-7,23H,1-3H2,(H4,19,20,21,22). The molecule has 0 bridgehead atoms. The van der Waals surface area contributed by atoms with Crippen LogP contribution in [0, 0.1) is 0 Å². The first kappa shape index (κ1) is 14.8. The maximum atomic E-state index is 9.88. The molecular formula is C17H15ClN4O2. The first-order chi connectivity index (χ1) is 11.5. The van der Waals surface area contributed by atoms with Crippen molar-refractivity contribution in [2.75, 3.05) is 18.1 Å². The Labute approximate surface area is 143 Å². The van der Waals surface area contributed by atoms with Crippen molar-refractivity contribution in [2.45, 2.75) is 12.8 Å². The molecule has 24 heavy (non-hydrogen) atoms. The summed E-state index contributed by atoms with van der Waals surface area (Å²) in [5.41, 5.74) is 15.1. The van der Waals surface area contributed by atoms with Crippen molar-refractivity contribution < 1.29 is 9.84 Å². The number of fused-ring (bicyclic) bond motifs is 3. The van der Waals surface area contributed by atoms with Crippen LogP contribution in [-0.4, -0.2) is 21.7 Å². The number of phenols is 1. The number of nitrogens with two attached hydrogens (primary N) is 2. The summed E-state index contributed by atoms with van der Waals surface area (Å²) in [5, 5.41) is 11.0. The van der Waals surface area contributed by atoms with Gasteiger partial charge >= 0.3 is 0 Å². The fraction of sp³-hybridized carbons (Fsp3) is 0.176. The van der Waals surface area contributed by atoms with E-state index in [1.807, 2.05) is 6.07 Å². The molecule has 4 rings (SSSR count). The molecule has 1 aliphatic rings. The average molecular weight is 343 g/mol. The third kappa shape index (κ3) is 2.35. The molecule has 0 aliphatic carbocycles. The highest BCUT2D eigenvalue weighted by atomic mass is 35.5. The topological polar surface area (TPSA) is 107 Å². The van der Waals surface area contributed by atoms with E-state index < -0.39 is 0 Å². The molecule has 6 nitrogen and oxygen atoms in total. The smallest absolute Gasteiger partial charge is 0.222 e. The molecule has 0 saturated carbocycles. The summed E-state index contributed by atoms with van der Waals surface area (Å²) >= 11 is 6.10. The monoisotopic (exact) mass is 342 g/mol. The van der Waals surface area contributed by atoms with E-state index in [4.69, 9.17) is 27.8 Å². The molecule has 0 spiro atoms. The number of benzene rings is 2. The Kier molecular flexibility index (Phi) is 3.35. The normalized spacial score (nSPS) is 13.5. The summed E-state index contributed by atoms with van der Waals surface area (Å²) in [7, 11) is 0. The van der Waals surface area contributed by atoms with Gasteiger partial charge in [0.1, 0.15) is 17.3 Å². The van der Waals surface area contributed by atoms with Crippen molar-refractivity contribution >= 4 is 34.3 Å². The van der Waals surface area contributed by atoms with Gasteiger partial charge in [-0.1, -0.05) is 11.6 Å². The van der Waals surface area contributed by atoms with E-state index in [1.165, 1.54) is 6.07 Å². The van der Waals surface area contributed by atoms with Crippen molar-refractivity contribution in [1.82, 2.24) is 9.97 Å². The quantitative estimate of drug-likeness (QED) is 0.627. The van der Waals surface area contributed by atoms with Crippen molar-refractivity contribution in [3.05, 3.63) is 34.9 Å². The van der Waals surface area contributed by atoms with Gasteiger partial charge in [-0.2, -0.15) is 4.98 Å². The SMILES string of the molecule is Nc1nc(N)c2c3c(c(-c4cc(O)cc(Cl)c4)cc2n1)CCCO3. The average Bonchev–Trinajstić information content (AvgIpc) is 2.52. The summed E-state index contributed by atoms with van der Waals surface area (Å²) in [4.78, 5) is 8.33. The van der Waals surface area contributed by atoms with Gasteiger partial charge in [0.15, 0.2) is 0 Å². The summed E-state index contributed by atoms with van der Waals surface area (Å²) in [6.07, 6.45) is 1.73. The molecule has 5 N–H and O–H groups in total. The summed E-state index contributed by atoms with van der Waals surface area (Å²) in [6.45, 7) is 0.607. The number of halogens is 1. The predicted octanol–water partition coefficient (Wildman–Crippen LogP) is 3.15. The van der Waals surface area contributed by atoms with Gasteiger partial charge in [0, 0.05) is 10.6 Å². The number of hydrogen-bond acceptors (Lipinski definition) is 6. The highest BCUT2D eigenvalue weighted by Gasteiger charge is 2.22. The van der Waals surface area contributed by atoms with Crippen LogP contribution in [0.3, 0.4) is 0 Å². The van der Waals surface area contributed by atoms with E-state index in [0.29, 0.717) is 34.1 Å². The van der Waals surface area contributed by atoms with Gasteiger partial charge in [-0.3, -0.25) is 0 Å². The lowest BCUT2D eigenvalue weighted by molar-refractivity contribution is 0.292. The first-order valence-corrected chi connectivity index (χ1v) is 7.92. The minimum atomic E-state index is 0.102. The maximum absolute atomic E-state index is 9.88. The molecule has 0 saturated heterocycles. The molecule has 3 aromatic rings. The largest absolute Gasteiger partial charge is 0.508 e. The zero-order chi connectivity index (χ0) is 16.8. The van der Waals surface area contributed by atoms with E-state index >= 15 is 0 Å². The fourth-order valence-corrected chi connectivity index (χ4v) is 3.40.